The van der Waals surface area contributed by atoms with Gasteiger partial charge in [0.2, 0.25) is 0 Å². The minimum absolute atomic E-state index is 0.0219. The van der Waals surface area contributed by atoms with Crippen LogP contribution in [-0.4, -0.2) is 40.1 Å². The highest BCUT2D eigenvalue weighted by atomic mass is 16.5. The lowest BCUT2D eigenvalue weighted by atomic mass is 9.98. The first-order valence-corrected chi connectivity index (χ1v) is 9.73. The second-order valence-electron chi connectivity index (χ2n) is 7.16. The van der Waals surface area contributed by atoms with Crippen LogP contribution in [0, 0.1) is 0 Å². The van der Waals surface area contributed by atoms with Gasteiger partial charge in [-0.15, -0.1) is 0 Å². The SMILES string of the molecule is O[C@H]1CC[C@@H](Cc2cc(-c3ccccn3)on2)O[C@@H]1CNCc1ccccc1. The number of benzene rings is 1. The molecular formula is C22H25N3O3. The van der Waals surface area contributed by atoms with Crippen molar-refractivity contribution in [3.05, 3.63) is 72.1 Å². The van der Waals surface area contributed by atoms with Gasteiger partial charge in [-0.1, -0.05) is 41.6 Å². The molecule has 146 valence electrons. The predicted molar refractivity (Wildman–Crippen MR) is 105 cm³/mol. The molecule has 3 heterocycles. The molecule has 0 radical (unpaired) electrons. The van der Waals surface area contributed by atoms with E-state index in [4.69, 9.17) is 9.26 Å². The second-order valence-corrected chi connectivity index (χ2v) is 7.16. The highest BCUT2D eigenvalue weighted by Gasteiger charge is 2.30. The van der Waals surface area contributed by atoms with Gasteiger partial charge in [0, 0.05) is 31.8 Å². The zero-order valence-corrected chi connectivity index (χ0v) is 15.7. The van der Waals surface area contributed by atoms with Crippen LogP contribution in [0.2, 0.25) is 0 Å². The standard InChI is InChI=1S/C22H25N3O3/c26-20-10-9-18(27-22(20)15-23-14-16-6-2-1-3-7-16)12-17-13-21(28-25-17)19-8-4-5-11-24-19/h1-8,11,13,18,20,22-23,26H,9-10,12,14-15H2/t18-,20-,22+/m0/s1. The number of hydrogen-bond donors (Lipinski definition) is 2. The van der Waals surface area contributed by atoms with E-state index in [2.05, 4.69) is 27.6 Å². The van der Waals surface area contributed by atoms with E-state index < -0.39 is 6.10 Å². The average Bonchev–Trinajstić information content (AvgIpc) is 3.20. The third-order valence-electron chi connectivity index (χ3n) is 5.01. The summed E-state index contributed by atoms with van der Waals surface area (Å²) in [5.41, 5.74) is 2.83. The Balaban J connectivity index is 1.30. The van der Waals surface area contributed by atoms with E-state index >= 15 is 0 Å². The van der Waals surface area contributed by atoms with Crippen molar-refractivity contribution >= 4 is 0 Å². The second kappa shape index (κ2) is 9.10. The molecule has 2 aromatic heterocycles. The number of nitrogens with one attached hydrogen (secondary N) is 1. The van der Waals surface area contributed by atoms with Gasteiger partial charge in [-0.05, 0) is 30.5 Å². The summed E-state index contributed by atoms with van der Waals surface area (Å²) >= 11 is 0. The van der Waals surface area contributed by atoms with Crippen LogP contribution in [-0.2, 0) is 17.7 Å². The Kier molecular flexibility index (Phi) is 6.11. The largest absolute Gasteiger partial charge is 0.390 e. The maximum atomic E-state index is 10.3. The van der Waals surface area contributed by atoms with E-state index in [-0.39, 0.29) is 12.2 Å². The van der Waals surface area contributed by atoms with Crippen LogP contribution in [0.25, 0.3) is 11.5 Å². The first kappa shape index (κ1) is 18.8. The number of nitrogens with zero attached hydrogens (tertiary/aromatic N) is 2. The van der Waals surface area contributed by atoms with Crippen molar-refractivity contribution in [1.29, 1.82) is 0 Å². The third kappa shape index (κ3) is 4.84. The Morgan fingerprint density at radius 2 is 1.93 bits per heavy atom. The quantitative estimate of drug-likeness (QED) is 0.657. The molecule has 4 rings (SSSR count). The molecule has 1 saturated heterocycles. The molecule has 1 fully saturated rings. The molecule has 28 heavy (non-hydrogen) atoms. The number of aromatic nitrogens is 2. The lowest BCUT2D eigenvalue weighted by Crippen LogP contribution is -2.45. The molecule has 0 bridgehead atoms. The van der Waals surface area contributed by atoms with Crippen LogP contribution in [0.4, 0.5) is 0 Å². The van der Waals surface area contributed by atoms with Crippen LogP contribution < -0.4 is 5.32 Å². The van der Waals surface area contributed by atoms with E-state index in [9.17, 15) is 5.11 Å². The lowest BCUT2D eigenvalue weighted by molar-refractivity contribution is -0.115. The number of hydrogen-bond acceptors (Lipinski definition) is 6. The van der Waals surface area contributed by atoms with E-state index in [1.54, 1.807) is 6.20 Å². The Morgan fingerprint density at radius 1 is 1.07 bits per heavy atom. The maximum absolute atomic E-state index is 10.3. The lowest BCUT2D eigenvalue weighted by Gasteiger charge is -2.34. The summed E-state index contributed by atoms with van der Waals surface area (Å²) in [7, 11) is 0. The Morgan fingerprint density at radius 3 is 2.75 bits per heavy atom. The van der Waals surface area contributed by atoms with E-state index in [0.717, 1.165) is 30.8 Å². The maximum Gasteiger partial charge on any atom is 0.185 e. The fourth-order valence-electron chi connectivity index (χ4n) is 3.51. The smallest absolute Gasteiger partial charge is 0.185 e. The zero-order valence-electron chi connectivity index (χ0n) is 15.7. The van der Waals surface area contributed by atoms with Crippen molar-refractivity contribution < 1.29 is 14.4 Å². The summed E-state index contributed by atoms with van der Waals surface area (Å²) in [6.45, 7) is 1.37. The molecule has 3 aromatic rings. The molecule has 0 unspecified atom stereocenters. The van der Waals surface area contributed by atoms with Crippen molar-refractivity contribution in [2.24, 2.45) is 0 Å². The molecule has 6 nitrogen and oxygen atoms in total. The number of rotatable bonds is 7. The number of aliphatic hydroxyl groups excluding tert-OH is 1. The molecule has 0 aliphatic carbocycles. The van der Waals surface area contributed by atoms with Gasteiger partial charge in [0.15, 0.2) is 5.76 Å². The molecule has 1 aliphatic heterocycles. The number of pyridine rings is 1. The van der Waals surface area contributed by atoms with Crippen molar-refractivity contribution in [3.8, 4) is 11.5 Å². The molecule has 0 spiro atoms. The molecule has 0 amide bonds. The van der Waals surface area contributed by atoms with Gasteiger partial charge >= 0.3 is 0 Å². The minimum atomic E-state index is -0.444. The molecule has 0 saturated carbocycles. The van der Waals surface area contributed by atoms with Crippen molar-refractivity contribution in [2.75, 3.05) is 6.54 Å². The van der Waals surface area contributed by atoms with E-state index in [1.165, 1.54) is 5.56 Å². The third-order valence-corrected chi connectivity index (χ3v) is 5.01. The molecule has 3 atom stereocenters. The average molecular weight is 379 g/mol. The van der Waals surface area contributed by atoms with Gasteiger partial charge < -0.3 is 19.7 Å². The first-order chi connectivity index (χ1) is 13.8. The number of ether oxygens (including phenoxy) is 1. The molecule has 6 heteroatoms. The highest BCUT2D eigenvalue weighted by molar-refractivity contribution is 5.51. The molecule has 2 N–H and O–H groups in total. The fraction of sp³-hybridized carbons (Fsp3) is 0.364. The fourth-order valence-corrected chi connectivity index (χ4v) is 3.51. The summed E-state index contributed by atoms with van der Waals surface area (Å²) in [5.74, 6) is 0.660. The summed E-state index contributed by atoms with van der Waals surface area (Å²) in [4.78, 5) is 4.28. The Bertz CT molecular complexity index is 854. The number of aliphatic hydroxyl groups is 1. The summed E-state index contributed by atoms with van der Waals surface area (Å²) < 4.78 is 11.6. The van der Waals surface area contributed by atoms with Crippen LogP contribution in [0.5, 0.6) is 0 Å². The van der Waals surface area contributed by atoms with Crippen molar-refractivity contribution in [3.63, 3.8) is 0 Å². The van der Waals surface area contributed by atoms with E-state index in [0.29, 0.717) is 18.7 Å². The summed E-state index contributed by atoms with van der Waals surface area (Å²) in [6.07, 6.45) is 3.29. The van der Waals surface area contributed by atoms with E-state index in [1.807, 2.05) is 42.5 Å². The van der Waals surface area contributed by atoms with Gasteiger partial charge in [0.25, 0.3) is 0 Å². The van der Waals surface area contributed by atoms with Gasteiger partial charge in [0.05, 0.1) is 24.0 Å². The monoisotopic (exact) mass is 379 g/mol. The highest BCUT2D eigenvalue weighted by Crippen LogP contribution is 2.24. The molecule has 1 aromatic carbocycles. The molecule has 1 aliphatic rings. The summed E-state index contributed by atoms with van der Waals surface area (Å²) in [5, 5.41) is 17.8. The minimum Gasteiger partial charge on any atom is -0.390 e. The summed E-state index contributed by atoms with van der Waals surface area (Å²) in [6, 6.07) is 17.8. The Hall–Kier alpha value is -2.54. The van der Waals surface area contributed by atoms with Gasteiger partial charge in [-0.2, -0.15) is 0 Å². The van der Waals surface area contributed by atoms with Crippen LogP contribution in [0.3, 0.4) is 0 Å². The topological polar surface area (TPSA) is 80.4 Å². The van der Waals surface area contributed by atoms with Gasteiger partial charge in [-0.3, -0.25) is 4.98 Å². The van der Waals surface area contributed by atoms with Crippen LogP contribution in [0.15, 0.2) is 65.3 Å². The predicted octanol–water partition coefficient (Wildman–Crippen LogP) is 2.98. The van der Waals surface area contributed by atoms with Crippen LogP contribution in [0.1, 0.15) is 24.1 Å². The van der Waals surface area contributed by atoms with Crippen molar-refractivity contribution in [1.82, 2.24) is 15.5 Å². The Labute approximate surface area is 164 Å². The van der Waals surface area contributed by atoms with Gasteiger partial charge in [0.1, 0.15) is 5.69 Å². The van der Waals surface area contributed by atoms with Gasteiger partial charge in [-0.25, -0.2) is 0 Å². The normalized spacial score (nSPS) is 22.2. The van der Waals surface area contributed by atoms with Crippen molar-refractivity contribution in [2.45, 2.75) is 44.1 Å². The van der Waals surface area contributed by atoms with Crippen LogP contribution >= 0.6 is 0 Å². The zero-order chi connectivity index (χ0) is 19.2. The molecular weight excluding hydrogens is 354 g/mol. The first-order valence-electron chi connectivity index (χ1n) is 9.73.